The van der Waals surface area contributed by atoms with Gasteiger partial charge in [-0.3, -0.25) is 14.7 Å². The van der Waals surface area contributed by atoms with Gasteiger partial charge in [-0.15, -0.1) is 0 Å². The fourth-order valence-electron chi connectivity index (χ4n) is 4.87. The van der Waals surface area contributed by atoms with Crippen LogP contribution in [0, 0.1) is 0 Å². The zero-order valence-electron chi connectivity index (χ0n) is 21.5. The summed E-state index contributed by atoms with van der Waals surface area (Å²) < 4.78 is 4.66. The van der Waals surface area contributed by atoms with Crippen LogP contribution in [0.1, 0.15) is 49.9 Å². The molecule has 0 N–H and O–H groups in total. The molecule has 1 heterocycles. The molecule has 1 fully saturated rings. The minimum atomic E-state index is -0.333. The third-order valence-corrected chi connectivity index (χ3v) is 6.83. The van der Waals surface area contributed by atoms with Gasteiger partial charge < -0.3 is 4.74 Å². The van der Waals surface area contributed by atoms with E-state index in [-0.39, 0.29) is 5.97 Å². The summed E-state index contributed by atoms with van der Waals surface area (Å²) in [6.07, 6.45) is 3.24. The maximum atomic E-state index is 11.3. The maximum absolute atomic E-state index is 11.3. The third kappa shape index (κ3) is 7.52. The van der Waals surface area contributed by atoms with E-state index in [1.807, 2.05) is 0 Å². The zero-order chi connectivity index (χ0) is 24.5. The number of rotatable bonds is 10. The topological polar surface area (TPSA) is 36.0 Å². The van der Waals surface area contributed by atoms with Crippen LogP contribution in [-0.2, 0) is 29.2 Å². The van der Waals surface area contributed by atoms with E-state index in [0.717, 1.165) is 51.4 Å². The van der Waals surface area contributed by atoms with Crippen molar-refractivity contribution in [2.24, 2.45) is 0 Å². The predicted octanol–water partition coefficient (Wildman–Crippen LogP) is 4.81. The summed E-state index contributed by atoms with van der Waals surface area (Å²) in [5.74, 6) is -0.333. The van der Waals surface area contributed by atoms with Crippen molar-refractivity contribution in [1.82, 2.24) is 14.7 Å². The number of benzene rings is 2. The summed E-state index contributed by atoms with van der Waals surface area (Å²) in [5.41, 5.74) is 5.12. The van der Waals surface area contributed by atoms with E-state index in [0.29, 0.717) is 12.1 Å². The van der Waals surface area contributed by atoms with Crippen molar-refractivity contribution in [3.8, 4) is 0 Å². The largest absolute Gasteiger partial charge is 0.466 e. The maximum Gasteiger partial charge on any atom is 0.330 e. The van der Waals surface area contributed by atoms with Crippen LogP contribution < -0.4 is 0 Å². The fourth-order valence-corrected chi connectivity index (χ4v) is 4.87. The Bertz CT molecular complexity index is 925. The molecule has 0 spiro atoms. The Morgan fingerprint density at radius 2 is 1.62 bits per heavy atom. The van der Waals surface area contributed by atoms with Crippen molar-refractivity contribution in [3.05, 3.63) is 76.9 Å². The first kappa shape index (κ1) is 26.1. The Kier molecular flexibility index (Phi) is 9.87. The molecule has 0 aromatic heterocycles. The molecule has 1 aliphatic heterocycles. The monoisotopic (exact) mass is 463 g/mol. The second-order valence-electron chi connectivity index (χ2n) is 9.44. The molecule has 0 amide bonds. The molecule has 3 rings (SSSR count). The Hall–Kier alpha value is -2.47. The summed E-state index contributed by atoms with van der Waals surface area (Å²) in [5, 5.41) is 0. The van der Waals surface area contributed by atoms with Gasteiger partial charge in [-0.1, -0.05) is 62.4 Å². The molecule has 184 valence electrons. The smallest absolute Gasteiger partial charge is 0.330 e. The van der Waals surface area contributed by atoms with Gasteiger partial charge in [0.05, 0.1) is 7.11 Å². The van der Waals surface area contributed by atoms with Crippen molar-refractivity contribution < 1.29 is 9.53 Å². The first-order valence-corrected chi connectivity index (χ1v) is 12.5. The van der Waals surface area contributed by atoms with Gasteiger partial charge in [-0.05, 0) is 55.3 Å². The fraction of sp³-hybridized carbons (Fsp3) is 0.483. The van der Waals surface area contributed by atoms with Gasteiger partial charge in [0.2, 0.25) is 0 Å². The molecule has 0 aliphatic carbocycles. The van der Waals surface area contributed by atoms with Crippen LogP contribution in [-0.4, -0.2) is 66.0 Å². The predicted molar refractivity (Wildman–Crippen MR) is 140 cm³/mol. The molecule has 2 aromatic carbocycles. The lowest BCUT2D eigenvalue weighted by Gasteiger charge is -2.44. The van der Waals surface area contributed by atoms with Crippen LogP contribution in [0.3, 0.4) is 0 Å². The molecule has 2 aromatic rings. The highest BCUT2D eigenvalue weighted by molar-refractivity contribution is 5.86. The summed E-state index contributed by atoms with van der Waals surface area (Å²) >= 11 is 0. The molecule has 0 bridgehead atoms. The number of hydrogen-bond donors (Lipinski definition) is 0. The first-order valence-electron chi connectivity index (χ1n) is 12.5. The van der Waals surface area contributed by atoms with Crippen LogP contribution in [0.15, 0.2) is 54.6 Å². The number of carbonyl (C=O) groups excluding carboxylic acids is 1. The van der Waals surface area contributed by atoms with Gasteiger partial charge in [-0.25, -0.2) is 4.79 Å². The van der Waals surface area contributed by atoms with Crippen LogP contribution in [0.25, 0.3) is 6.08 Å². The van der Waals surface area contributed by atoms with Gasteiger partial charge >= 0.3 is 5.97 Å². The Balaban J connectivity index is 1.56. The van der Waals surface area contributed by atoms with E-state index < -0.39 is 0 Å². The summed E-state index contributed by atoms with van der Waals surface area (Å²) in [4.78, 5) is 19.0. The van der Waals surface area contributed by atoms with Crippen molar-refractivity contribution in [1.29, 1.82) is 0 Å². The molecule has 0 radical (unpaired) electrons. The van der Waals surface area contributed by atoms with Gasteiger partial charge in [0.15, 0.2) is 0 Å². The van der Waals surface area contributed by atoms with Crippen molar-refractivity contribution in [2.45, 2.75) is 59.4 Å². The molecular formula is C29H41N3O2. The average Bonchev–Trinajstić information content (AvgIpc) is 2.84. The lowest BCUT2D eigenvalue weighted by atomic mass is 10.0. The Morgan fingerprint density at radius 1 is 0.971 bits per heavy atom. The molecule has 1 aliphatic rings. The first-order chi connectivity index (χ1) is 16.4. The number of nitrogens with zero attached hydrogens (tertiary/aromatic N) is 3. The molecule has 34 heavy (non-hydrogen) atoms. The molecule has 0 unspecified atom stereocenters. The number of piperazine rings is 1. The number of methoxy groups -OCH3 is 1. The van der Waals surface area contributed by atoms with E-state index in [1.54, 1.807) is 6.08 Å². The Morgan fingerprint density at radius 3 is 2.24 bits per heavy atom. The average molecular weight is 464 g/mol. The highest BCUT2D eigenvalue weighted by Crippen LogP contribution is 2.21. The number of hydrogen-bond acceptors (Lipinski definition) is 5. The van der Waals surface area contributed by atoms with Crippen LogP contribution >= 0.6 is 0 Å². The SMILES string of the molecule is CCN(CC)Cc1cccc(CN2C[C@@H](C)N(Cc3ccc(/C=C/C(=O)OC)cc3)[C@@H](C)C2)c1. The molecular weight excluding hydrogens is 422 g/mol. The lowest BCUT2D eigenvalue weighted by molar-refractivity contribution is -0.134. The number of carbonyl (C=O) groups is 1. The lowest BCUT2D eigenvalue weighted by Crippen LogP contribution is -2.55. The molecule has 5 heteroatoms. The third-order valence-electron chi connectivity index (χ3n) is 6.83. The van der Waals surface area contributed by atoms with Crippen molar-refractivity contribution in [3.63, 3.8) is 0 Å². The molecule has 1 saturated heterocycles. The Labute approximate surface area is 206 Å². The van der Waals surface area contributed by atoms with Gasteiger partial charge in [-0.2, -0.15) is 0 Å². The van der Waals surface area contributed by atoms with Gasteiger partial charge in [0, 0.05) is 50.9 Å². The highest BCUT2D eigenvalue weighted by atomic mass is 16.5. The van der Waals surface area contributed by atoms with Crippen LogP contribution in [0.5, 0.6) is 0 Å². The summed E-state index contributed by atoms with van der Waals surface area (Å²) in [7, 11) is 1.39. The van der Waals surface area contributed by atoms with E-state index in [4.69, 9.17) is 0 Å². The van der Waals surface area contributed by atoms with Gasteiger partial charge in [0.1, 0.15) is 0 Å². The van der Waals surface area contributed by atoms with Crippen LogP contribution in [0.2, 0.25) is 0 Å². The van der Waals surface area contributed by atoms with E-state index >= 15 is 0 Å². The number of esters is 1. The number of ether oxygens (including phenoxy) is 1. The van der Waals surface area contributed by atoms with Gasteiger partial charge in [0.25, 0.3) is 0 Å². The second-order valence-corrected chi connectivity index (χ2v) is 9.44. The second kappa shape index (κ2) is 12.8. The normalized spacial score (nSPS) is 19.7. The van der Waals surface area contributed by atoms with Crippen molar-refractivity contribution >= 4 is 12.0 Å². The highest BCUT2D eigenvalue weighted by Gasteiger charge is 2.29. The molecule has 5 nitrogen and oxygen atoms in total. The van der Waals surface area contributed by atoms with E-state index in [9.17, 15) is 4.79 Å². The molecule has 0 saturated carbocycles. The minimum Gasteiger partial charge on any atom is -0.466 e. The van der Waals surface area contributed by atoms with Crippen LogP contribution in [0.4, 0.5) is 0 Å². The quantitative estimate of drug-likeness (QED) is 0.373. The molecule has 2 atom stereocenters. The van der Waals surface area contributed by atoms with Crippen molar-refractivity contribution in [2.75, 3.05) is 33.3 Å². The summed E-state index contributed by atoms with van der Waals surface area (Å²) in [6, 6.07) is 18.5. The van der Waals surface area contributed by atoms with E-state index in [2.05, 4.69) is 95.7 Å². The zero-order valence-corrected chi connectivity index (χ0v) is 21.5. The minimum absolute atomic E-state index is 0.333. The standard InChI is InChI=1S/C29H41N3O2/c1-6-30(7-2)20-27-9-8-10-28(17-27)21-31-18-23(3)32(24(4)19-31)22-26-13-11-25(12-14-26)15-16-29(33)34-5/h8-17,23-24H,6-7,18-22H2,1-5H3/b16-15+/t23-,24+. The van der Waals surface area contributed by atoms with E-state index in [1.165, 1.54) is 29.9 Å². The summed E-state index contributed by atoms with van der Waals surface area (Å²) in [6.45, 7) is 16.4.